The fourth-order valence-corrected chi connectivity index (χ4v) is 2.36. The van der Waals surface area contributed by atoms with Crippen LogP contribution in [-0.2, 0) is 11.3 Å². The van der Waals surface area contributed by atoms with Crippen molar-refractivity contribution < 1.29 is 9.18 Å². The SMILES string of the molecule is CN(C)C(=O)Cn1c(=O)c2cccn2c2ccc(F)cc21. The van der Waals surface area contributed by atoms with Gasteiger partial charge in [0.1, 0.15) is 17.9 Å². The van der Waals surface area contributed by atoms with Gasteiger partial charge in [0.25, 0.3) is 5.56 Å². The summed E-state index contributed by atoms with van der Waals surface area (Å²) < 4.78 is 16.6. The van der Waals surface area contributed by atoms with Crippen LogP contribution in [0.1, 0.15) is 0 Å². The van der Waals surface area contributed by atoms with Gasteiger partial charge < -0.3 is 9.30 Å². The maximum absolute atomic E-state index is 13.6. The highest BCUT2D eigenvalue weighted by Gasteiger charge is 2.14. The molecule has 0 aliphatic heterocycles. The Labute approximate surface area is 119 Å². The molecule has 2 aromatic heterocycles. The maximum atomic E-state index is 13.6. The van der Waals surface area contributed by atoms with Crippen LogP contribution in [0.4, 0.5) is 4.39 Å². The Kier molecular flexibility index (Phi) is 3.01. The molecule has 6 heteroatoms. The monoisotopic (exact) mass is 287 g/mol. The number of halogens is 1. The number of fused-ring (bicyclic) bond motifs is 3. The number of nitrogens with zero attached hydrogens (tertiary/aromatic N) is 3. The molecule has 108 valence electrons. The van der Waals surface area contributed by atoms with E-state index in [1.165, 1.54) is 21.6 Å². The van der Waals surface area contributed by atoms with E-state index in [9.17, 15) is 14.0 Å². The molecule has 0 radical (unpaired) electrons. The second kappa shape index (κ2) is 4.73. The van der Waals surface area contributed by atoms with Crippen molar-refractivity contribution in [2.24, 2.45) is 0 Å². The summed E-state index contributed by atoms with van der Waals surface area (Å²) in [4.78, 5) is 25.9. The number of hydrogen-bond donors (Lipinski definition) is 0. The summed E-state index contributed by atoms with van der Waals surface area (Å²) in [6, 6.07) is 7.65. The van der Waals surface area contributed by atoms with Crippen LogP contribution in [-0.4, -0.2) is 33.9 Å². The number of amides is 1. The van der Waals surface area contributed by atoms with E-state index in [0.717, 1.165) is 0 Å². The van der Waals surface area contributed by atoms with E-state index in [1.54, 1.807) is 42.9 Å². The van der Waals surface area contributed by atoms with Crippen LogP contribution >= 0.6 is 0 Å². The molecule has 2 heterocycles. The van der Waals surface area contributed by atoms with Crippen molar-refractivity contribution in [3.63, 3.8) is 0 Å². The average molecular weight is 287 g/mol. The van der Waals surface area contributed by atoms with Crippen molar-refractivity contribution in [3.05, 3.63) is 52.7 Å². The normalized spacial score (nSPS) is 11.2. The van der Waals surface area contributed by atoms with Gasteiger partial charge in [-0.05, 0) is 30.3 Å². The highest BCUT2D eigenvalue weighted by molar-refractivity contribution is 5.82. The van der Waals surface area contributed by atoms with Gasteiger partial charge in [-0.2, -0.15) is 0 Å². The summed E-state index contributed by atoms with van der Waals surface area (Å²) in [5.74, 6) is -0.668. The van der Waals surface area contributed by atoms with Crippen molar-refractivity contribution in [2.45, 2.75) is 6.54 Å². The molecule has 0 saturated carbocycles. The lowest BCUT2D eigenvalue weighted by atomic mass is 10.2. The fourth-order valence-electron chi connectivity index (χ4n) is 2.36. The molecule has 0 spiro atoms. The van der Waals surface area contributed by atoms with E-state index < -0.39 is 5.82 Å². The number of carbonyl (C=O) groups is 1. The number of rotatable bonds is 2. The van der Waals surface area contributed by atoms with Gasteiger partial charge in [0.05, 0.1) is 11.0 Å². The minimum atomic E-state index is -0.445. The second-order valence-electron chi connectivity index (χ2n) is 5.08. The van der Waals surface area contributed by atoms with E-state index in [0.29, 0.717) is 16.6 Å². The fraction of sp³-hybridized carbons (Fsp3) is 0.200. The lowest BCUT2D eigenvalue weighted by Gasteiger charge is -2.15. The van der Waals surface area contributed by atoms with Crippen LogP contribution in [0, 0.1) is 5.82 Å². The predicted octanol–water partition coefficient (Wildman–Crippen LogP) is 1.48. The van der Waals surface area contributed by atoms with Gasteiger partial charge in [0, 0.05) is 20.3 Å². The highest BCUT2D eigenvalue weighted by atomic mass is 19.1. The first-order chi connectivity index (χ1) is 9.99. The first-order valence-corrected chi connectivity index (χ1v) is 6.48. The van der Waals surface area contributed by atoms with E-state index in [4.69, 9.17) is 0 Å². The first kappa shape index (κ1) is 13.4. The summed E-state index contributed by atoms with van der Waals surface area (Å²) in [6.45, 7) is -0.118. The van der Waals surface area contributed by atoms with Crippen LogP contribution in [0.15, 0.2) is 41.3 Å². The molecule has 3 rings (SSSR count). The molecule has 3 aromatic rings. The minimum absolute atomic E-state index is 0.118. The van der Waals surface area contributed by atoms with Crippen molar-refractivity contribution in [1.82, 2.24) is 13.9 Å². The summed E-state index contributed by atoms with van der Waals surface area (Å²) >= 11 is 0. The second-order valence-corrected chi connectivity index (χ2v) is 5.08. The summed E-state index contributed by atoms with van der Waals surface area (Å²) in [5, 5.41) is 0. The van der Waals surface area contributed by atoms with Crippen LogP contribution in [0.3, 0.4) is 0 Å². The Morgan fingerprint density at radius 3 is 2.67 bits per heavy atom. The number of likely N-dealkylation sites (N-methyl/N-ethyl adjacent to an activating group) is 1. The zero-order valence-corrected chi connectivity index (χ0v) is 11.7. The van der Waals surface area contributed by atoms with Gasteiger partial charge >= 0.3 is 0 Å². The van der Waals surface area contributed by atoms with E-state index in [-0.39, 0.29) is 18.0 Å². The van der Waals surface area contributed by atoms with Gasteiger partial charge in [0.2, 0.25) is 5.91 Å². The smallest absolute Gasteiger partial charge is 0.275 e. The maximum Gasteiger partial charge on any atom is 0.275 e. The van der Waals surface area contributed by atoms with Crippen LogP contribution in [0.5, 0.6) is 0 Å². The molecule has 0 atom stereocenters. The average Bonchev–Trinajstić information content (AvgIpc) is 2.92. The third-order valence-corrected chi connectivity index (χ3v) is 3.49. The molecule has 1 aromatic carbocycles. The third kappa shape index (κ3) is 2.08. The molecule has 21 heavy (non-hydrogen) atoms. The number of hydrogen-bond acceptors (Lipinski definition) is 2. The predicted molar refractivity (Wildman–Crippen MR) is 77.8 cm³/mol. The molecule has 1 amide bonds. The van der Waals surface area contributed by atoms with Gasteiger partial charge in [-0.25, -0.2) is 4.39 Å². The molecule has 0 N–H and O–H groups in total. The highest BCUT2D eigenvalue weighted by Crippen LogP contribution is 2.16. The van der Waals surface area contributed by atoms with Crippen LogP contribution in [0.2, 0.25) is 0 Å². The Bertz CT molecular complexity index is 908. The van der Waals surface area contributed by atoms with Crippen LogP contribution < -0.4 is 5.56 Å². The van der Waals surface area contributed by atoms with Crippen molar-refractivity contribution in [3.8, 4) is 0 Å². The summed E-state index contributed by atoms with van der Waals surface area (Å²) in [7, 11) is 3.23. The Hall–Kier alpha value is -2.63. The number of aromatic nitrogens is 2. The molecule has 0 aliphatic rings. The van der Waals surface area contributed by atoms with E-state index >= 15 is 0 Å². The topological polar surface area (TPSA) is 46.7 Å². The van der Waals surface area contributed by atoms with Crippen molar-refractivity contribution >= 4 is 22.5 Å². The summed E-state index contributed by atoms with van der Waals surface area (Å²) in [6.07, 6.45) is 1.75. The van der Waals surface area contributed by atoms with Gasteiger partial charge in [-0.15, -0.1) is 0 Å². The molecule has 5 nitrogen and oxygen atoms in total. The summed E-state index contributed by atoms with van der Waals surface area (Å²) in [5.41, 5.74) is 1.23. The van der Waals surface area contributed by atoms with Crippen molar-refractivity contribution in [2.75, 3.05) is 14.1 Å². The number of benzene rings is 1. The standard InChI is InChI=1S/C15H14FN3O2/c1-17(2)14(20)9-19-13-8-10(16)5-6-11(13)18-7-3-4-12(18)15(19)21/h3-8H,9H2,1-2H3. The molecule has 0 unspecified atom stereocenters. The molecule has 0 fully saturated rings. The lowest BCUT2D eigenvalue weighted by molar-refractivity contribution is -0.129. The molecular weight excluding hydrogens is 273 g/mol. The largest absolute Gasteiger partial charge is 0.347 e. The Morgan fingerprint density at radius 1 is 1.19 bits per heavy atom. The van der Waals surface area contributed by atoms with Gasteiger partial charge in [-0.3, -0.25) is 14.2 Å². The Morgan fingerprint density at radius 2 is 1.95 bits per heavy atom. The zero-order chi connectivity index (χ0) is 15.1. The van der Waals surface area contributed by atoms with Crippen LogP contribution in [0.25, 0.3) is 16.6 Å². The van der Waals surface area contributed by atoms with Crippen molar-refractivity contribution in [1.29, 1.82) is 0 Å². The molecule has 0 aliphatic carbocycles. The lowest BCUT2D eigenvalue weighted by Crippen LogP contribution is -2.32. The number of carbonyl (C=O) groups excluding carboxylic acids is 1. The molecule has 0 saturated heterocycles. The van der Waals surface area contributed by atoms with Gasteiger partial charge in [0.15, 0.2) is 0 Å². The van der Waals surface area contributed by atoms with E-state index in [1.807, 2.05) is 0 Å². The minimum Gasteiger partial charge on any atom is -0.347 e. The van der Waals surface area contributed by atoms with Gasteiger partial charge in [-0.1, -0.05) is 0 Å². The molecular formula is C15H14FN3O2. The Balaban J connectivity index is 2.38. The quantitative estimate of drug-likeness (QED) is 0.717. The molecule has 0 bridgehead atoms. The first-order valence-electron chi connectivity index (χ1n) is 6.48. The van der Waals surface area contributed by atoms with E-state index in [2.05, 4.69) is 0 Å². The third-order valence-electron chi connectivity index (χ3n) is 3.49. The zero-order valence-electron chi connectivity index (χ0n) is 11.7.